The topological polar surface area (TPSA) is 74.4 Å². The number of carbonyl (C=O) groups excluding carboxylic acids is 2. The van der Waals surface area contributed by atoms with E-state index in [-0.39, 0.29) is 18.4 Å². The number of methoxy groups -OCH3 is 1. The van der Waals surface area contributed by atoms with E-state index in [9.17, 15) is 9.59 Å². The van der Waals surface area contributed by atoms with Gasteiger partial charge in [0.15, 0.2) is 7.28 Å². The second-order valence-corrected chi connectivity index (χ2v) is 9.27. The van der Waals surface area contributed by atoms with Crippen molar-refractivity contribution >= 4 is 46.9 Å². The highest BCUT2D eigenvalue weighted by atomic mass is 16.5. The monoisotopic (exact) mass is 458 g/mol. The molecule has 2 amide bonds. The molecule has 0 aliphatic carbocycles. The molecule has 1 unspecified atom stereocenters. The average molecular weight is 458 g/mol. The predicted octanol–water partition coefficient (Wildman–Crippen LogP) is 3.16. The van der Waals surface area contributed by atoms with Crippen molar-refractivity contribution in [2.45, 2.75) is 11.9 Å². The quantitative estimate of drug-likeness (QED) is 0.366. The Kier molecular flexibility index (Phi) is 4.10. The molecule has 0 fully saturated rings. The molecule has 1 aromatic heterocycles. The maximum Gasteiger partial charge on any atom is 0.262 e. The van der Waals surface area contributed by atoms with Crippen LogP contribution >= 0.6 is 0 Å². The molecule has 35 heavy (non-hydrogen) atoms. The molecular weight excluding hydrogens is 437 g/mol. The summed E-state index contributed by atoms with van der Waals surface area (Å²) in [5.74, 6) is 0.256. The zero-order valence-corrected chi connectivity index (χ0v) is 19.1. The number of aromatic amines is 1. The van der Waals surface area contributed by atoms with Gasteiger partial charge in [0.1, 0.15) is 5.75 Å². The molecule has 1 radical (unpaired) electrons. The van der Waals surface area contributed by atoms with Gasteiger partial charge in [-0.15, -0.1) is 0 Å². The van der Waals surface area contributed by atoms with Crippen LogP contribution in [0, 0.1) is 0 Å². The summed E-state index contributed by atoms with van der Waals surface area (Å²) >= 11 is 0. The average Bonchev–Trinajstić information content (AvgIpc) is 3.52. The summed E-state index contributed by atoms with van der Waals surface area (Å²) in [7, 11) is 3.75. The number of H-pyrrole nitrogens is 1. The van der Waals surface area contributed by atoms with Crippen LogP contribution in [-0.4, -0.2) is 42.6 Å². The molecule has 3 aliphatic rings. The van der Waals surface area contributed by atoms with Gasteiger partial charge in [-0.3, -0.25) is 14.5 Å². The van der Waals surface area contributed by atoms with Crippen molar-refractivity contribution in [1.82, 2.24) is 9.88 Å². The lowest BCUT2D eigenvalue weighted by Crippen LogP contribution is -2.49. The molecule has 7 heteroatoms. The van der Waals surface area contributed by atoms with Crippen molar-refractivity contribution in [3.05, 3.63) is 95.1 Å². The van der Waals surface area contributed by atoms with Gasteiger partial charge in [-0.2, -0.15) is 0 Å². The predicted molar refractivity (Wildman–Crippen MR) is 136 cm³/mol. The maximum atomic E-state index is 14.1. The molecule has 4 aromatic rings. The fraction of sp³-hybridized carbons (Fsp3) is 0.143. The third-order valence-electron chi connectivity index (χ3n) is 7.46. The smallest absolute Gasteiger partial charge is 0.262 e. The number of anilines is 1. The van der Waals surface area contributed by atoms with Crippen LogP contribution in [0.5, 0.6) is 5.75 Å². The first-order valence-corrected chi connectivity index (χ1v) is 11.6. The van der Waals surface area contributed by atoms with E-state index in [0.29, 0.717) is 17.7 Å². The van der Waals surface area contributed by atoms with E-state index in [1.54, 1.807) is 7.11 Å². The standard InChI is InChI=1S/C28H21BN3O3/c1-35-17-12-10-16(11-13-17)14-32-26(33)23-22-18-6-2-4-8-20(18)31-25(22)29-28(24(23)27(32)34)15-30-21-9-5-3-7-19(21)28/h2-13,30-31H,14-15H2,1H3. The summed E-state index contributed by atoms with van der Waals surface area (Å²) in [5.41, 5.74) is 6.60. The van der Waals surface area contributed by atoms with E-state index in [2.05, 4.69) is 17.6 Å². The van der Waals surface area contributed by atoms with E-state index >= 15 is 0 Å². The van der Waals surface area contributed by atoms with Crippen molar-refractivity contribution in [2.75, 3.05) is 19.0 Å². The SMILES string of the molecule is COc1ccc(CN2C(=O)C3=C(C2=O)C2([B]c4[nH]c5ccccc5c43)CNc3ccccc32)cc1. The number of amides is 2. The molecule has 2 N–H and O–H groups in total. The molecule has 1 spiro atoms. The molecular formula is C28H21BN3O3. The lowest BCUT2D eigenvalue weighted by molar-refractivity contribution is -0.137. The fourth-order valence-electron chi connectivity index (χ4n) is 5.85. The Bertz CT molecular complexity index is 1590. The van der Waals surface area contributed by atoms with Crippen LogP contribution in [0.4, 0.5) is 5.69 Å². The molecule has 4 heterocycles. The number of para-hydroxylation sites is 2. The molecule has 3 aliphatic heterocycles. The third-order valence-corrected chi connectivity index (χ3v) is 7.46. The molecule has 169 valence electrons. The minimum absolute atomic E-state index is 0.206. The Hall–Kier alpha value is -4.26. The van der Waals surface area contributed by atoms with Gasteiger partial charge in [0.2, 0.25) is 0 Å². The molecule has 0 saturated heterocycles. The van der Waals surface area contributed by atoms with Gasteiger partial charge < -0.3 is 15.0 Å². The second-order valence-electron chi connectivity index (χ2n) is 9.27. The Labute approximate surface area is 202 Å². The normalized spacial score (nSPS) is 20.1. The number of fused-ring (bicyclic) bond motifs is 7. The number of imide groups is 1. The fourth-order valence-corrected chi connectivity index (χ4v) is 5.85. The summed E-state index contributed by atoms with van der Waals surface area (Å²) in [5, 5.41) is 3.71. The molecule has 0 saturated carbocycles. The van der Waals surface area contributed by atoms with Gasteiger partial charge >= 0.3 is 0 Å². The lowest BCUT2D eigenvalue weighted by atomic mass is 9.42. The van der Waals surface area contributed by atoms with Gasteiger partial charge in [-0.05, 0) is 41.0 Å². The van der Waals surface area contributed by atoms with Crippen molar-refractivity contribution in [3.63, 3.8) is 0 Å². The van der Waals surface area contributed by atoms with Crippen molar-refractivity contribution < 1.29 is 14.3 Å². The van der Waals surface area contributed by atoms with E-state index in [0.717, 1.165) is 44.6 Å². The van der Waals surface area contributed by atoms with E-state index < -0.39 is 5.31 Å². The number of benzene rings is 3. The van der Waals surface area contributed by atoms with Gasteiger partial charge in [0.05, 0.1) is 19.2 Å². The molecule has 0 bridgehead atoms. The summed E-state index contributed by atoms with van der Waals surface area (Å²) in [6.45, 7) is 0.729. The van der Waals surface area contributed by atoms with E-state index in [1.165, 1.54) is 4.90 Å². The van der Waals surface area contributed by atoms with Crippen LogP contribution < -0.4 is 15.6 Å². The van der Waals surface area contributed by atoms with Crippen LogP contribution in [-0.2, 0) is 21.4 Å². The van der Waals surface area contributed by atoms with Crippen LogP contribution in [0.2, 0.25) is 0 Å². The Morgan fingerprint density at radius 2 is 1.74 bits per heavy atom. The lowest BCUT2D eigenvalue weighted by Gasteiger charge is -2.33. The van der Waals surface area contributed by atoms with Gasteiger partial charge in [0, 0.05) is 39.6 Å². The highest BCUT2D eigenvalue weighted by Crippen LogP contribution is 2.50. The first-order chi connectivity index (χ1) is 17.1. The van der Waals surface area contributed by atoms with Crippen LogP contribution in [0.15, 0.2) is 78.4 Å². The van der Waals surface area contributed by atoms with Crippen molar-refractivity contribution in [2.24, 2.45) is 0 Å². The molecule has 1 atom stereocenters. The number of nitrogens with one attached hydrogen (secondary N) is 2. The highest BCUT2D eigenvalue weighted by molar-refractivity contribution is 6.65. The highest BCUT2D eigenvalue weighted by Gasteiger charge is 2.56. The van der Waals surface area contributed by atoms with E-state index in [1.807, 2.05) is 72.8 Å². The Morgan fingerprint density at radius 1 is 0.971 bits per heavy atom. The zero-order chi connectivity index (χ0) is 23.7. The third kappa shape index (κ3) is 2.66. The Balaban J connectivity index is 1.42. The first-order valence-electron chi connectivity index (χ1n) is 11.6. The van der Waals surface area contributed by atoms with Gasteiger partial charge in [0.25, 0.3) is 11.8 Å². The molecule has 7 rings (SSSR count). The minimum Gasteiger partial charge on any atom is -0.497 e. The largest absolute Gasteiger partial charge is 0.497 e. The van der Waals surface area contributed by atoms with Crippen molar-refractivity contribution in [3.8, 4) is 5.75 Å². The summed E-state index contributed by atoms with van der Waals surface area (Å²) in [6.07, 6.45) is 0. The minimum atomic E-state index is -0.721. The summed E-state index contributed by atoms with van der Waals surface area (Å²) in [4.78, 5) is 33.0. The number of carbonyl (C=O) groups is 2. The zero-order valence-electron chi connectivity index (χ0n) is 19.1. The van der Waals surface area contributed by atoms with Crippen LogP contribution in [0.1, 0.15) is 16.7 Å². The van der Waals surface area contributed by atoms with Crippen LogP contribution in [0.25, 0.3) is 16.5 Å². The van der Waals surface area contributed by atoms with E-state index in [4.69, 9.17) is 4.74 Å². The number of aromatic nitrogens is 1. The second kappa shape index (κ2) is 7.12. The first kappa shape index (κ1) is 20.1. The van der Waals surface area contributed by atoms with Gasteiger partial charge in [-0.25, -0.2) is 0 Å². The van der Waals surface area contributed by atoms with Crippen LogP contribution in [0.3, 0.4) is 0 Å². The number of nitrogens with zero attached hydrogens (tertiary/aromatic N) is 1. The molecule has 6 nitrogen and oxygen atoms in total. The summed E-state index contributed by atoms with van der Waals surface area (Å²) < 4.78 is 5.26. The maximum absolute atomic E-state index is 14.1. The number of hydrogen-bond acceptors (Lipinski definition) is 4. The number of ether oxygens (including phenoxy) is 1. The summed E-state index contributed by atoms with van der Waals surface area (Å²) in [6, 6.07) is 23.5. The number of hydrogen-bond donors (Lipinski definition) is 2. The Morgan fingerprint density at radius 3 is 2.57 bits per heavy atom. The van der Waals surface area contributed by atoms with Gasteiger partial charge in [-0.1, -0.05) is 48.5 Å². The van der Waals surface area contributed by atoms with Crippen molar-refractivity contribution in [1.29, 1.82) is 0 Å². The molecule has 3 aromatic carbocycles. The number of rotatable bonds is 3.